The maximum atomic E-state index is 7.80. The lowest BCUT2D eigenvalue weighted by Gasteiger charge is -2.14. The molecule has 0 bridgehead atoms. The van der Waals surface area contributed by atoms with Gasteiger partial charge in [-0.1, -0.05) is 26.0 Å². The number of nitrogens with two attached hydrogens (primary N) is 1. The van der Waals surface area contributed by atoms with Gasteiger partial charge in [-0.25, -0.2) is 9.97 Å². The van der Waals surface area contributed by atoms with E-state index in [-0.39, 0.29) is 0 Å². The number of nitrogen functional groups attached to an aromatic ring is 1. The van der Waals surface area contributed by atoms with Crippen LogP contribution in [0, 0.1) is 19.3 Å². The van der Waals surface area contributed by atoms with Crippen molar-refractivity contribution >= 4 is 22.6 Å². The number of anilines is 1. The molecule has 0 unspecified atom stereocenters. The fraction of sp³-hybridized carbons (Fsp3) is 0.333. The predicted molar refractivity (Wildman–Crippen MR) is 143 cm³/mol. The second-order valence-corrected chi connectivity index (χ2v) is 8.86. The highest BCUT2D eigenvalue weighted by Gasteiger charge is 2.11. The van der Waals surface area contributed by atoms with Gasteiger partial charge >= 0.3 is 0 Å². The molecular weight excluding hydrogens is 438 g/mol. The molecule has 0 radical (unpaired) electrons. The van der Waals surface area contributed by atoms with Gasteiger partial charge in [0, 0.05) is 66.3 Å². The third-order valence-corrected chi connectivity index (χ3v) is 5.67. The van der Waals surface area contributed by atoms with Crippen LogP contribution in [0.4, 0.5) is 5.82 Å². The van der Waals surface area contributed by atoms with Gasteiger partial charge in [0.1, 0.15) is 11.6 Å². The van der Waals surface area contributed by atoms with Crippen molar-refractivity contribution in [2.75, 3.05) is 12.8 Å². The molecule has 35 heavy (non-hydrogen) atoms. The van der Waals surface area contributed by atoms with Gasteiger partial charge in [0.25, 0.3) is 0 Å². The molecule has 0 saturated heterocycles. The van der Waals surface area contributed by atoms with E-state index in [4.69, 9.17) is 15.9 Å². The number of ether oxygens (including phenoxy) is 1. The van der Waals surface area contributed by atoms with E-state index in [1.807, 2.05) is 43.6 Å². The van der Waals surface area contributed by atoms with Crippen molar-refractivity contribution in [3.63, 3.8) is 0 Å². The molecule has 1 aromatic carbocycles. The maximum Gasteiger partial charge on any atom is 0.132 e. The van der Waals surface area contributed by atoms with E-state index in [0.717, 1.165) is 45.7 Å². The van der Waals surface area contributed by atoms with E-state index < -0.39 is 0 Å². The molecule has 8 nitrogen and oxygen atoms in total. The number of aryl methyl sites for hydroxylation is 1. The topological polar surface area (TPSA) is 126 Å². The minimum absolute atomic E-state index is 0.388. The zero-order valence-corrected chi connectivity index (χ0v) is 21.4. The van der Waals surface area contributed by atoms with E-state index in [0.29, 0.717) is 29.7 Å². The van der Waals surface area contributed by atoms with Crippen molar-refractivity contribution in [1.82, 2.24) is 25.3 Å². The van der Waals surface area contributed by atoms with Crippen LogP contribution in [0.5, 0.6) is 0 Å². The van der Waals surface area contributed by atoms with Crippen molar-refractivity contribution in [1.29, 1.82) is 5.41 Å². The molecule has 0 aliphatic rings. The number of nitrogens with zero attached hydrogens (tertiary/aromatic N) is 3. The third-order valence-electron chi connectivity index (χ3n) is 5.67. The minimum Gasteiger partial charge on any atom is -0.383 e. The standard InChI is InChI=1S/C17H23N5.C10H12N2O/c1-10(2)21-8-14-6-20-9-16(11(14)3)13-5-15(12(4)18)17(19)22-7-13;1-7-11-9-5-3-4-8(6-13-2)10(9)12-7/h5-7,9-10,18,21H,8H2,1-4H3,(H2,19,22);3-5H,6H2,1-2H3,(H,11,12). The fourth-order valence-corrected chi connectivity index (χ4v) is 3.76. The first-order valence-corrected chi connectivity index (χ1v) is 11.6. The lowest BCUT2D eigenvalue weighted by molar-refractivity contribution is 0.186. The number of aromatic nitrogens is 4. The number of benzene rings is 1. The van der Waals surface area contributed by atoms with E-state index in [1.165, 1.54) is 5.56 Å². The van der Waals surface area contributed by atoms with Crippen LogP contribution in [0.25, 0.3) is 22.2 Å². The molecule has 5 N–H and O–H groups in total. The van der Waals surface area contributed by atoms with E-state index >= 15 is 0 Å². The second-order valence-electron chi connectivity index (χ2n) is 8.86. The first-order valence-electron chi connectivity index (χ1n) is 11.6. The Morgan fingerprint density at radius 2 is 1.94 bits per heavy atom. The van der Waals surface area contributed by atoms with Gasteiger partial charge in [0.15, 0.2) is 0 Å². The number of hydrogen-bond acceptors (Lipinski definition) is 7. The van der Waals surface area contributed by atoms with Crippen LogP contribution in [0.1, 0.15) is 48.8 Å². The molecule has 0 amide bonds. The van der Waals surface area contributed by atoms with Crippen molar-refractivity contribution in [2.24, 2.45) is 0 Å². The number of rotatable bonds is 7. The highest BCUT2D eigenvalue weighted by molar-refractivity contribution is 6.01. The normalized spacial score (nSPS) is 10.9. The van der Waals surface area contributed by atoms with Crippen molar-refractivity contribution < 1.29 is 4.74 Å². The van der Waals surface area contributed by atoms with Crippen LogP contribution in [0.2, 0.25) is 0 Å². The molecule has 3 aromatic heterocycles. The number of imidazole rings is 1. The zero-order valence-electron chi connectivity index (χ0n) is 21.4. The highest BCUT2D eigenvalue weighted by atomic mass is 16.5. The summed E-state index contributed by atoms with van der Waals surface area (Å²) < 4.78 is 5.09. The number of H-pyrrole nitrogens is 1. The molecule has 0 saturated carbocycles. The molecule has 0 aliphatic carbocycles. The average molecular weight is 474 g/mol. The quantitative estimate of drug-likeness (QED) is 0.282. The summed E-state index contributed by atoms with van der Waals surface area (Å²) in [6, 6.07) is 8.40. The Balaban J connectivity index is 0.000000223. The number of nitrogens with one attached hydrogen (secondary N) is 3. The van der Waals surface area contributed by atoms with Gasteiger partial charge in [-0.05, 0) is 44.0 Å². The van der Waals surface area contributed by atoms with Crippen LogP contribution in [-0.2, 0) is 17.9 Å². The lowest BCUT2D eigenvalue weighted by Crippen LogP contribution is -2.22. The summed E-state index contributed by atoms with van der Waals surface area (Å²) >= 11 is 0. The number of para-hydroxylation sites is 1. The van der Waals surface area contributed by atoms with Crippen LogP contribution < -0.4 is 11.1 Å². The van der Waals surface area contributed by atoms with Gasteiger partial charge < -0.3 is 26.2 Å². The Bertz CT molecular complexity index is 1310. The van der Waals surface area contributed by atoms with Gasteiger partial charge in [0.2, 0.25) is 0 Å². The fourth-order valence-electron chi connectivity index (χ4n) is 3.76. The summed E-state index contributed by atoms with van der Waals surface area (Å²) in [5.41, 5.74) is 14.4. The molecule has 0 aliphatic heterocycles. The zero-order chi connectivity index (χ0) is 25.5. The van der Waals surface area contributed by atoms with Gasteiger partial charge in [-0.15, -0.1) is 0 Å². The molecule has 4 rings (SSSR count). The third kappa shape index (κ3) is 6.49. The monoisotopic (exact) mass is 473 g/mol. The molecule has 4 aromatic rings. The first kappa shape index (κ1) is 26.0. The SMILES string of the molecule is CC(=N)c1cc(-c2cncc(CNC(C)C)c2C)cnc1N.COCc1cccc2[nH]c(C)nc12. The Hall–Kier alpha value is -3.62. The van der Waals surface area contributed by atoms with Crippen LogP contribution in [-0.4, -0.2) is 38.8 Å². The van der Waals surface area contributed by atoms with E-state index in [9.17, 15) is 0 Å². The van der Waals surface area contributed by atoms with Gasteiger partial charge in [0.05, 0.1) is 17.6 Å². The Kier molecular flexibility index (Phi) is 8.68. The number of hydrogen-bond donors (Lipinski definition) is 4. The summed E-state index contributed by atoms with van der Waals surface area (Å²) in [6.45, 7) is 11.4. The number of aromatic amines is 1. The average Bonchev–Trinajstić information content (AvgIpc) is 3.20. The van der Waals surface area contributed by atoms with Crippen molar-refractivity contribution in [2.45, 2.75) is 53.8 Å². The molecule has 0 fully saturated rings. The van der Waals surface area contributed by atoms with Gasteiger partial charge in [-0.3, -0.25) is 4.98 Å². The summed E-state index contributed by atoms with van der Waals surface area (Å²) in [4.78, 5) is 16.1. The summed E-state index contributed by atoms with van der Waals surface area (Å²) in [6.07, 6.45) is 5.47. The van der Waals surface area contributed by atoms with E-state index in [2.05, 4.69) is 46.0 Å². The summed E-state index contributed by atoms with van der Waals surface area (Å²) in [5, 5.41) is 11.2. The molecule has 0 atom stereocenters. The number of methoxy groups -OCH3 is 1. The first-order chi connectivity index (χ1) is 16.7. The maximum absolute atomic E-state index is 7.80. The largest absolute Gasteiger partial charge is 0.383 e. The summed E-state index contributed by atoms with van der Waals surface area (Å²) in [5.74, 6) is 1.33. The predicted octanol–water partition coefficient (Wildman–Crippen LogP) is 4.94. The summed E-state index contributed by atoms with van der Waals surface area (Å²) in [7, 11) is 1.69. The minimum atomic E-state index is 0.388. The smallest absolute Gasteiger partial charge is 0.132 e. The van der Waals surface area contributed by atoms with Crippen LogP contribution in [0.15, 0.2) is 42.9 Å². The van der Waals surface area contributed by atoms with Crippen molar-refractivity contribution in [3.05, 3.63) is 70.9 Å². The van der Waals surface area contributed by atoms with Crippen LogP contribution >= 0.6 is 0 Å². The molecule has 3 heterocycles. The Labute approximate surface area is 206 Å². The van der Waals surface area contributed by atoms with Gasteiger partial charge in [-0.2, -0.15) is 0 Å². The lowest BCUT2D eigenvalue weighted by atomic mass is 9.98. The Morgan fingerprint density at radius 1 is 1.17 bits per heavy atom. The van der Waals surface area contributed by atoms with E-state index in [1.54, 1.807) is 20.2 Å². The van der Waals surface area contributed by atoms with Crippen LogP contribution in [0.3, 0.4) is 0 Å². The molecule has 0 spiro atoms. The Morgan fingerprint density at radius 3 is 2.63 bits per heavy atom. The highest BCUT2D eigenvalue weighted by Crippen LogP contribution is 2.26. The number of pyridine rings is 2. The number of fused-ring (bicyclic) bond motifs is 1. The van der Waals surface area contributed by atoms with Crippen molar-refractivity contribution in [3.8, 4) is 11.1 Å². The molecule has 8 heteroatoms. The molecule has 184 valence electrons. The second kappa shape index (κ2) is 11.7. The molecular formula is C27H35N7O.